The summed E-state index contributed by atoms with van der Waals surface area (Å²) in [6, 6.07) is 0. The van der Waals surface area contributed by atoms with E-state index < -0.39 is 11.6 Å². The van der Waals surface area contributed by atoms with Crippen LogP contribution >= 0.6 is 0 Å². The van der Waals surface area contributed by atoms with E-state index >= 15 is 0 Å². The van der Waals surface area contributed by atoms with Gasteiger partial charge in [0.05, 0.1) is 0 Å². The SMILES string of the molecule is CC(C)(C)OC(=O)CO[NH]. The minimum atomic E-state index is -0.512. The molecule has 1 radical (unpaired) electrons. The van der Waals surface area contributed by atoms with Crippen molar-refractivity contribution in [3.8, 4) is 0 Å². The van der Waals surface area contributed by atoms with Gasteiger partial charge >= 0.3 is 5.97 Å². The fraction of sp³-hybridized carbons (Fsp3) is 0.833. The highest BCUT2D eigenvalue weighted by Crippen LogP contribution is 2.06. The highest BCUT2D eigenvalue weighted by Gasteiger charge is 2.15. The Morgan fingerprint density at radius 2 is 2.00 bits per heavy atom. The molecule has 0 amide bonds. The average Bonchev–Trinajstić information content (AvgIpc) is 1.59. The molecule has 0 fully saturated rings. The van der Waals surface area contributed by atoms with E-state index in [0.29, 0.717) is 0 Å². The zero-order valence-electron chi connectivity index (χ0n) is 6.43. The molecule has 0 aliphatic carbocycles. The first-order valence-electron chi connectivity index (χ1n) is 2.96. The molecule has 0 saturated carbocycles. The lowest BCUT2D eigenvalue weighted by atomic mass is 10.2. The molecule has 0 aliphatic rings. The van der Waals surface area contributed by atoms with E-state index in [1.165, 1.54) is 0 Å². The van der Waals surface area contributed by atoms with Crippen molar-refractivity contribution in [3.05, 3.63) is 0 Å². The van der Waals surface area contributed by atoms with Crippen LogP contribution in [0.3, 0.4) is 0 Å². The van der Waals surface area contributed by atoms with Gasteiger partial charge in [-0.3, -0.25) is 4.84 Å². The van der Waals surface area contributed by atoms with Crippen LogP contribution in [0.15, 0.2) is 0 Å². The number of hydrogen-bond donors (Lipinski definition) is 0. The first kappa shape index (κ1) is 9.39. The van der Waals surface area contributed by atoms with E-state index in [-0.39, 0.29) is 6.61 Å². The third-order valence-corrected chi connectivity index (χ3v) is 0.610. The van der Waals surface area contributed by atoms with Gasteiger partial charge in [-0.05, 0) is 20.8 Å². The summed E-state index contributed by atoms with van der Waals surface area (Å²) in [7, 11) is 0. The van der Waals surface area contributed by atoms with Gasteiger partial charge in [-0.2, -0.15) is 0 Å². The third-order valence-electron chi connectivity index (χ3n) is 0.610. The van der Waals surface area contributed by atoms with Crippen LogP contribution < -0.4 is 5.90 Å². The van der Waals surface area contributed by atoms with Crippen molar-refractivity contribution in [2.45, 2.75) is 26.4 Å². The lowest BCUT2D eigenvalue weighted by Gasteiger charge is -2.18. The van der Waals surface area contributed by atoms with Gasteiger partial charge in [0.1, 0.15) is 5.60 Å². The molecule has 59 valence electrons. The molecule has 0 bridgehead atoms. The first-order chi connectivity index (χ1) is 4.45. The van der Waals surface area contributed by atoms with E-state index in [1.54, 1.807) is 20.8 Å². The van der Waals surface area contributed by atoms with Gasteiger partial charge in [0.15, 0.2) is 6.61 Å². The third kappa shape index (κ3) is 5.53. The Morgan fingerprint density at radius 3 is 2.30 bits per heavy atom. The van der Waals surface area contributed by atoms with Crippen LogP contribution in [-0.2, 0) is 14.4 Å². The van der Waals surface area contributed by atoms with Crippen LogP contribution in [0.25, 0.3) is 0 Å². The molecule has 0 aromatic heterocycles. The number of esters is 1. The van der Waals surface area contributed by atoms with Gasteiger partial charge in [0, 0.05) is 0 Å². The van der Waals surface area contributed by atoms with Crippen molar-refractivity contribution in [2.24, 2.45) is 0 Å². The Labute approximate surface area is 60.2 Å². The highest BCUT2D eigenvalue weighted by molar-refractivity contribution is 5.71. The van der Waals surface area contributed by atoms with Crippen molar-refractivity contribution < 1.29 is 14.4 Å². The summed E-state index contributed by atoms with van der Waals surface area (Å²) in [5, 5.41) is 0. The van der Waals surface area contributed by atoms with Gasteiger partial charge in [-0.25, -0.2) is 4.79 Å². The van der Waals surface area contributed by atoms with Gasteiger partial charge < -0.3 is 4.74 Å². The van der Waals surface area contributed by atoms with Gasteiger partial charge in [0.2, 0.25) is 0 Å². The van der Waals surface area contributed by atoms with E-state index in [9.17, 15) is 4.79 Å². The standard InChI is InChI=1S/C6H12NO3/c1-6(2,3)10-5(8)4-9-7/h7H,4H2,1-3H3. The Morgan fingerprint density at radius 1 is 1.50 bits per heavy atom. The van der Waals surface area contributed by atoms with Crippen LogP contribution in [0, 0.1) is 0 Å². The second-order valence-electron chi connectivity index (χ2n) is 2.88. The molecule has 0 heterocycles. The van der Waals surface area contributed by atoms with E-state index in [1.807, 2.05) is 0 Å². The molecule has 10 heavy (non-hydrogen) atoms. The van der Waals surface area contributed by atoms with Gasteiger partial charge in [0.25, 0.3) is 0 Å². The molecule has 1 N–H and O–H groups in total. The summed E-state index contributed by atoms with van der Waals surface area (Å²) in [6.07, 6.45) is 0. The van der Waals surface area contributed by atoms with Crippen LogP contribution in [0.2, 0.25) is 0 Å². The number of carbonyl (C=O) groups is 1. The summed E-state index contributed by atoms with van der Waals surface area (Å²) in [4.78, 5) is 14.4. The van der Waals surface area contributed by atoms with Gasteiger partial charge in [-0.15, -0.1) is 5.90 Å². The highest BCUT2D eigenvalue weighted by atomic mass is 16.6. The van der Waals surface area contributed by atoms with Crippen molar-refractivity contribution >= 4 is 5.97 Å². The molecule has 0 atom stereocenters. The van der Waals surface area contributed by atoms with E-state index in [0.717, 1.165) is 0 Å². The minimum absolute atomic E-state index is 0.308. The Balaban J connectivity index is 3.58. The summed E-state index contributed by atoms with van der Waals surface area (Å²) in [5.41, 5.74) is -0.490. The molecule has 0 unspecified atom stereocenters. The topological polar surface area (TPSA) is 59.3 Å². The zero-order valence-corrected chi connectivity index (χ0v) is 6.43. The predicted molar refractivity (Wildman–Crippen MR) is 34.9 cm³/mol. The molecule has 4 heteroatoms. The van der Waals surface area contributed by atoms with Crippen LogP contribution in [0.1, 0.15) is 20.8 Å². The second kappa shape index (κ2) is 3.53. The van der Waals surface area contributed by atoms with Crippen LogP contribution in [0.4, 0.5) is 0 Å². The molecule has 0 aromatic rings. The number of hydrogen-bond acceptors (Lipinski definition) is 3. The molecule has 0 spiro atoms. The molecule has 0 aromatic carbocycles. The molecular formula is C6H12NO3. The van der Waals surface area contributed by atoms with Crippen molar-refractivity contribution in [1.29, 1.82) is 0 Å². The van der Waals surface area contributed by atoms with Crippen molar-refractivity contribution in [2.75, 3.05) is 6.61 Å². The quantitative estimate of drug-likeness (QED) is 0.422. The Kier molecular flexibility index (Phi) is 3.32. The number of carbonyl (C=O) groups excluding carboxylic acids is 1. The normalized spacial score (nSPS) is 11.2. The summed E-state index contributed by atoms with van der Waals surface area (Å²) >= 11 is 0. The van der Waals surface area contributed by atoms with Gasteiger partial charge in [-0.1, -0.05) is 0 Å². The van der Waals surface area contributed by atoms with E-state index in [4.69, 9.17) is 10.6 Å². The first-order valence-corrected chi connectivity index (χ1v) is 2.96. The molecule has 0 saturated heterocycles. The van der Waals surface area contributed by atoms with Crippen LogP contribution in [0.5, 0.6) is 0 Å². The second-order valence-corrected chi connectivity index (χ2v) is 2.88. The Bertz CT molecular complexity index is 117. The number of nitrogens with one attached hydrogen (secondary N) is 1. The molecule has 0 aliphatic heterocycles. The maximum Gasteiger partial charge on any atom is 0.334 e. The lowest BCUT2D eigenvalue weighted by Crippen LogP contribution is -2.26. The summed E-state index contributed by atoms with van der Waals surface area (Å²) < 4.78 is 4.79. The lowest BCUT2D eigenvalue weighted by molar-refractivity contribution is -0.160. The molecule has 0 rings (SSSR count). The minimum Gasteiger partial charge on any atom is -0.458 e. The van der Waals surface area contributed by atoms with Crippen molar-refractivity contribution in [1.82, 2.24) is 5.90 Å². The Hall–Kier alpha value is -0.610. The predicted octanol–water partition coefficient (Wildman–Crippen LogP) is 0.543. The molecule has 4 nitrogen and oxygen atoms in total. The monoisotopic (exact) mass is 146 g/mol. The maximum atomic E-state index is 10.6. The largest absolute Gasteiger partial charge is 0.458 e. The van der Waals surface area contributed by atoms with Crippen LogP contribution in [-0.4, -0.2) is 18.2 Å². The summed E-state index contributed by atoms with van der Waals surface area (Å²) in [5.74, 6) is 5.73. The average molecular weight is 146 g/mol. The molecular weight excluding hydrogens is 134 g/mol. The summed E-state index contributed by atoms with van der Waals surface area (Å²) in [6.45, 7) is 4.97. The fourth-order valence-electron chi connectivity index (χ4n) is 0.430. The number of rotatable bonds is 2. The number of ether oxygens (including phenoxy) is 1. The maximum absolute atomic E-state index is 10.6. The smallest absolute Gasteiger partial charge is 0.334 e. The van der Waals surface area contributed by atoms with E-state index in [2.05, 4.69) is 4.84 Å². The zero-order chi connectivity index (χ0) is 8.20. The van der Waals surface area contributed by atoms with Crippen molar-refractivity contribution in [3.63, 3.8) is 0 Å². The fourth-order valence-corrected chi connectivity index (χ4v) is 0.430.